The molecule has 0 aliphatic rings. The quantitative estimate of drug-likeness (QED) is 0.353. The predicted molar refractivity (Wildman–Crippen MR) is 124 cm³/mol. The Labute approximate surface area is 191 Å². The highest BCUT2D eigenvalue weighted by Crippen LogP contribution is 2.29. The van der Waals surface area contributed by atoms with Gasteiger partial charge in [-0.1, -0.05) is 11.6 Å². The van der Waals surface area contributed by atoms with Gasteiger partial charge in [0.25, 0.3) is 0 Å². The Kier molecular flexibility index (Phi) is 7.11. The van der Waals surface area contributed by atoms with Crippen molar-refractivity contribution in [2.45, 2.75) is 13.3 Å². The van der Waals surface area contributed by atoms with Gasteiger partial charge in [0.1, 0.15) is 18.6 Å². The van der Waals surface area contributed by atoms with Crippen LogP contribution in [0.3, 0.4) is 0 Å². The second-order valence-corrected chi connectivity index (χ2v) is 7.41. The minimum Gasteiger partial charge on any atom is -0.492 e. The summed E-state index contributed by atoms with van der Waals surface area (Å²) in [6.45, 7) is 3.10. The number of aryl methyl sites for hydroxylation is 1. The molecule has 4 aromatic rings. The number of anilines is 2. The van der Waals surface area contributed by atoms with Gasteiger partial charge in [0, 0.05) is 42.4 Å². The second kappa shape index (κ2) is 10.6. The molecule has 0 aliphatic heterocycles. The second-order valence-electron chi connectivity index (χ2n) is 7.41. The van der Waals surface area contributed by atoms with Crippen molar-refractivity contribution in [2.75, 3.05) is 32.2 Å². The number of rotatable bonds is 10. The van der Waals surface area contributed by atoms with Gasteiger partial charge in [0.2, 0.25) is 17.7 Å². The van der Waals surface area contributed by atoms with E-state index in [-0.39, 0.29) is 5.91 Å². The van der Waals surface area contributed by atoms with E-state index in [4.69, 9.17) is 13.9 Å². The fraction of sp³-hybridized carbons (Fsp3) is 0.250. The number of benzene rings is 2. The molecule has 0 spiro atoms. The van der Waals surface area contributed by atoms with Crippen molar-refractivity contribution in [3.8, 4) is 17.2 Å². The number of methoxy groups -OCH3 is 1. The average molecular weight is 447 g/mol. The van der Waals surface area contributed by atoms with Crippen LogP contribution < -0.4 is 15.4 Å². The maximum absolute atomic E-state index is 11.7. The molecule has 0 unspecified atom stereocenters. The van der Waals surface area contributed by atoms with E-state index in [1.54, 1.807) is 19.5 Å². The molecule has 0 saturated carbocycles. The molecule has 2 aromatic heterocycles. The lowest BCUT2D eigenvalue weighted by molar-refractivity contribution is -0.122. The normalized spacial score (nSPS) is 10.8. The third-order valence-electron chi connectivity index (χ3n) is 4.80. The largest absolute Gasteiger partial charge is 0.492 e. The lowest BCUT2D eigenvalue weighted by Gasteiger charge is -2.12. The van der Waals surface area contributed by atoms with Crippen molar-refractivity contribution in [3.05, 3.63) is 60.6 Å². The summed E-state index contributed by atoms with van der Waals surface area (Å²) in [5.74, 6) is 1.44. The molecule has 0 radical (unpaired) electrons. The van der Waals surface area contributed by atoms with Gasteiger partial charge in [-0.25, -0.2) is 15.0 Å². The zero-order chi connectivity index (χ0) is 23.0. The number of aromatic nitrogens is 3. The summed E-state index contributed by atoms with van der Waals surface area (Å²) in [5, 5.41) is 7.00. The summed E-state index contributed by atoms with van der Waals surface area (Å²) in [6, 6.07) is 11.6. The molecule has 4 rings (SSSR count). The van der Waals surface area contributed by atoms with Gasteiger partial charge in [0.05, 0.1) is 24.9 Å². The van der Waals surface area contributed by atoms with E-state index >= 15 is 0 Å². The topological polar surface area (TPSA) is 111 Å². The summed E-state index contributed by atoms with van der Waals surface area (Å²) in [7, 11) is 1.56. The molecule has 0 aliphatic carbocycles. The highest BCUT2D eigenvalue weighted by Gasteiger charge is 2.10. The standard InChI is InChI=1S/C24H25N5O4/c1-16-3-4-21-18(11-16)15-27-24(29-21)28-19-12-17(23-26-7-10-33-23)13-20(14-19)32-9-6-25-22(30)5-8-31-2/h3-4,7,10-15H,5-6,8-9H2,1-2H3,(H,25,30)(H,27,28,29). The first-order valence-electron chi connectivity index (χ1n) is 10.5. The zero-order valence-electron chi connectivity index (χ0n) is 18.5. The molecule has 2 aromatic carbocycles. The van der Waals surface area contributed by atoms with Crippen molar-refractivity contribution >= 4 is 28.4 Å². The van der Waals surface area contributed by atoms with E-state index in [2.05, 4.69) is 25.6 Å². The number of nitrogens with one attached hydrogen (secondary N) is 2. The van der Waals surface area contributed by atoms with Gasteiger partial charge < -0.3 is 24.5 Å². The molecule has 0 bridgehead atoms. The van der Waals surface area contributed by atoms with Crippen LogP contribution in [0.2, 0.25) is 0 Å². The fourth-order valence-corrected chi connectivity index (χ4v) is 3.23. The maximum Gasteiger partial charge on any atom is 0.227 e. The Balaban J connectivity index is 1.49. The third-order valence-corrected chi connectivity index (χ3v) is 4.80. The number of ether oxygens (including phenoxy) is 2. The molecule has 9 nitrogen and oxygen atoms in total. The Hall–Kier alpha value is -3.98. The van der Waals surface area contributed by atoms with Crippen LogP contribution in [0.15, 0.2) is 59.5 Å². The van der Waals surface area contributed by atoms with Crippen LogP contribution >= 0.6 is 0 Å². The van der Waals surface area contributed by atoms with E-state index in [9.17, 15) is 4.79 Å². The summed E-state index contributed by atoms with van der Waals surface area (Å²) in [4.78, 5) is 24.9. The minimum atomic E-state index is -0.0833. The highest BCUT2D eigenvalue weighted by atomic mass is 16.5. The Morgan fingerprint density at radius 3 is 2.85 bits per heavy atom. The average Bonchev–Trinajstić information content (AvgIpc) is 3.36. The van der Waals surface area contributed by atoms with Crippen molar-refractivity contribution in [1.82, 2.24) is 20.3 Å². The van der Waals surface area contributed by atoms with Gasteiger partial charge in [0.15, 0.2) is 0 Å². The predicted octanol–water partition coefficient (Wildman–Crippen LogP) is 3.87. The first-order valence-corrected chi connectivity index (χ1v) is 10.5. The van der Waals surface area contributed by atoms with Gasteiger partial charge >= 0.3 is 0 Å². The fourth-order valence-electron chi connectivity index (χ4n) is 3.23. The number of nitrogens with zero attached hydrogens (tertiary/aromatic N) is 3. The lowest BCUT2D eigenvalue weighted by atomic mass is 10.1. The SMILES string of the molecule is COCCC(=O)NCCOc1cc(Nc2ncc3cc(C)ccc3n2)cc(-c2ncco2)c1. The molecular formula is C24H25N5O4. The Morgan fingerprint density at radius 2 is 2.03 bits per heavy atom. The van der Waals surface area contributed by atoms with Crippen molar-refractivity contribution in [1.29, 1.82) is 0 Å². The molecular weight excluding hydrogens is 422 g/mol. The summed E-state index contributed by atoms with van der Waals surface area (Å²) in [5.41, 5.74) is 3.46. The molecule has 33 heavy (non-hydrogen) atoms. The third kappa shape index (κ3) is 6.05. The monoisotopic (exact) mass is 447 g/mol. The van der Waals surface area contributed by atoms with E-state index in [1.165, 1.54) is 6.26 Å². The molecule has 2 heterocycles. The van der Waals surface area contributed by atoms with Gasteiger partial charge in [-0.3, -0.25) is 4.79 Å². The number of hydrogen-bond acceptors (Lipinski definition) is 8. The number of hydrogen-bond donors (Lipinski definition) is 2. The van der Waals surface area contributed by atoms with Crippen LogP contribution in [0.5, 0.6) is 5.75 Å². The van der Waals surface area contributed by atoms with E-state index in [1.807, 2.05) is 43.3 Å². The van der Waals surface area contributed by atoms with E-state index in [0.717, 1.165) is 27.7 Å². The van der Waals surface area contributed by atoms with Gasteiger partial charge in [-0.15, -0.1) is 0 Å². The van der Waals surface area contributed by atoms with Crippen LogP contribution in [0.25, 0.3) is 22.4 Å². The summed E-state index contributed by atoms with van der Waals surface area (Å²) >= 11 is 0. The number of fused-ring (bicyclic) bond motifs is 1. The maximum atomic E-state index is 11.7. The molecule has 0 fully saturated rings. The first-order chi connectivity index (χ1) is 16.1. The molecule has 1 amide bonds. The van der Waals surface area contributed by atoms with E-state index < -0.39 is 0 Å². The van der Waals surface area contributed by atoms with Crippen LogP contribution in [-0.4, -0.2) is 47.7 Å². The van der Waals surface area contributed by atoms with E-state index in [0.29, 0.717) is 43.8 Å². The lowest BCUT2D eigenvalue weighted by Crippen LogP contribution is -2.28. The van der Waals surface area contributed by atoms with Crippen LogP contribution in [-0.2, 0) is 9.53 Å². The van der Waals surface area contributed by atoms with Gasteiger partial charge in [-0.05, 0) is 31.2 Å². The molecule has 9 heteroatoms. The Morgan fingerprint density at radius 1 is 1.12 bits per heavy atom. The zero-order valence-corrected chi connectivity index (χ0v) is 18.5. The number of carbonyl (C=O) groups excluding carboxylic acids is 1. The number of carbonyl (C=O) groups is 1. The summed E-state index contributed by atoms with van der Waals surface area (Å²) < 4.78 is 16.2. The number of oxazole rings is 1. The molecule has 2 N–H and O–H groups in total. The van der Waals surface area contributed by atoms with Crippen LogP contribution in [0, 0.1) is 6.92 Å². The van der Waals surface area contributed by atoms with Crippen LogP contribution in [0.4, 0.5) is 11.6 Å². The molecule has 0 saturated heterocycles. The van der Waals surface area contributed by atoms with Crippen LogP contribution in [0.1, 0.15) is 12.0 Å². The molecule has 0 atom stereocenters. The van der Waals surface area contributed by atoms with Gasteiger partial charge in [-0.2, -0.15) is 0 Å². The molecule has 170 valence electrons. The minimum absolute atomic E-state index is 0.0833. The Bertz CT molecular complexity index is 1230. The smallest absolute Gasteiger partial charge is 0.227 e. The van der Waals surface area contributed by atoms with Crippen molar-refractivity contribution in [3.63, 3.8) is 0 Å². The highest BCUT2D eigenvalue weighted by molar-refractivity contribution is 5.80. The van der Waals surface area contributed by atoms with Crippen molar-refractivity contribution < 1.29 is 18.7 Å². The van der Waals surface area contributed by atoms with Crippen molar-refractivity contribution in [2.24, 2.45) is 0 Å². The number of amides is 1. The summed E-state index contributed by atoms with van der Waals surface area (Å²) in [6.07, 6.45) is 5.20. The first kappa shape index (κ1) is 22.2.